The second-order valence-electron chi connectivity index (χ2n) is 5.02. The van der Waals surface area contributed by atoms with Gasteiger partial charge in [-0.05, 0) is 43.0 Å². The fourth-order valence-corrected chi connectivity index (χ4v) is 2.87. The Labute approximate surface area is 131 Å². The molecule has 2 rings (SSSR count). The quantitative estimate of drug-likeness (QED) is 0.903. The van der Waals surface area contributed by atoms with Crippen molar-refractivity contribution >= 4 is 28.8 Å². The van der Waals surface area contributed by atoms with Crippen LogP contribution in [-0.4, -0.2) is 17.6 Å². The molecule has 0 spiro atoms. The van der Waals surface area contributed by atoms with E-state index < -0.39 is 17.3 Å². The lowest BCUT2D eigenvalue weighted by molar-refractivity contribution is 0.0557. The number of benzene rings is 1. The Hall–Kier alpha value is -1.43. The third-order valence-electron chi connectivity index (χ3n) is 3.14. The van der Waals surface area contributed by atoms with E-state index >= 15 is 0 Å². The summed E-state index contributed by atoms with van der Waals surface area (Å²) < 4.78 is 13.3. The van der Waals surface area contributed by atoms with Gasteiger partial charge in [-0.1, -0.05) is 17.7 Å². The molecular weight excluding hydrogens is 313 g/mol. The van der Waals surface area contributed by atoms with Gasteiger partial charge in [0, 0.05) is 4.88 Å². The molecule has 2 N–H and O–H groups in total. The van der Waals surface area contributed by atoms with Crippen molar-refractivity contribution in [3.63, 3.8) is 0 Å². The first-order valence-electron chi connectivity index (χ1n) is 6.31. The summed E-state index contributed by atoms with van der Waals surface area (Å²) in [6.45, 7) is 3.22. The molecule has 1 aromatic carbocycles. The van der Waals surface area contributed by atoms with Crippen molar-refractivity contribution in [2.75, 3.05) is 6.54 Å². The highest BCUT2D eigenvalue weighted by atomic mass is 35.5. The second-order valence-corrected chi connectivity index (χ2v) is 6.37. The molecule has 1 unspecified atom stereocenters. The summed E-state index contributed by atoms with van der Waals surface area (Å²) in [5.41, 5.74) is -0.627. The predicted octanol–water partition coefficient (Wildman–Crippen LogP) is 3.49. The molecule has 0 fully saturated rings. The number of rotatable bonds is 4. The van der Waals surface area contributed by atoms with Crippen LogP contribution in [0.25, 0.3) is 0 Å². The Morgan fingerprint density at radius 1 is 1.52 bits per heavy atom. The number of halogens is 2. The van der Waals surface area contributed by atoms with Crippen molar-refractivity contribution in [2.24, 2.45) is 0 Å². The van der Waals surface area contributed by atoms with Crippen molar-refractivity contribution in [3.05, 3.63) is 56.5 Å². The molecule has 0 aliphatic heterocycles. The SMILES string of the molecule is Cc1cc(C(=O)NCC(C)(O)c2cccs2)c(Cl)cc1F. The van der Waals surface area contributed by atoms with Gasteiger partial charge in [0.2, 0.25) is 0 Å². The minimum Gasteiger partial charge on any atom is -0.383 e. The zero-order valence-corrected chi connectivity index (χ0v) is 13.2. The molecule has 1 heterocycles. The molecule has 0 saturated heterocycles. The van der Waals surface area contributed by atoms with Gasteiger partial charge < -0.3 is 10.4 Å². The van der Waals surface area contributed by atoms with Crippen LogP contribution >= 0.6 is 22.9 Å². The lowest BCUT2D eigenvalue weighted by atomic mass is 10.0. The number of carbonyl (C=O) groups is 1. The van der Waals surface area contributed by atoms with E-state index in [1.54, 1.807) is 19.9 Å². The van der Waals surface area contributed by atoms with Crippen LogP contribution in [0.1, 0.15) is 27.7 Å². The van der Waals surface area contributed by atoms with Crippen LogP contribution in [0.5, 0.6) is 0 Å². The number of hydrogen-bond acceptors (Lipinski definition) is 3. The normalized spacial score (nSPS) is 13.8. The third-order valence-corrected chi connectivity index (χ3v) is 4.57. The highest BCUT2D eigenvalue weighted by Gasteiger charge is 2.25. The summed E-state index contributed by atoms with van der Waals surface area (Å²) in [6, 6.07) is 6.14. The number of carbonyl (C=O) groups excluding carboxylic acids is 1. The van der Waals surface area contributed by atoms with Crippen molar-refractivity contribution in [1.82, 2.24) is 5.32 Å². The largest absolute Gasteiger partial charge is 0.383 e. The van der Waals surface area contributed by atoms with Gasteiger partial charge >= 0.3 is 0 Å². The molecule has 0 bridgehead atoms. The number of nitrogens with one attached hydrogen (secondary N) is 1. The minimum absolute atomic E-state index is 0.0408. The van der Waals surface area contributed by atoms with Gasteiger partial charge in [-0.15, -0.1) is 11.3 Å². The lowest BCUT2D eigenvalue weighted by Crippen LogP contribution is -2.38. The zero-order chi connectivity index (χ0) is 15.6. The fraction of sp³-hybridized carbons (Fsp3) is 0.267. The molecule has 0 aliphatic carbocycles. The number of hydrogen-bond donors (Lipinski definition) is 2. The first kappa shape index (κ1) is 15.9. The molecule has 112 valence electrons. The van der Waals surface area contributed by atoms with Gasteiger partial charge in [0.05, 0.1) is 17.1 Å². The zero-order valence-electron chi connectivity index (χ0n) is 11.6. The smallest absolute Gasteiger partial charge is 0.252 e. The molecule has 1 amide bonds. The number of amides is 1. The minimum atomic E-state index is -1.16. The Kier molecular flexibility index (Phi) is 4.66. The average molecular weight is 328 g/mol. The van der Waals surface area contributed by atoms with Gasteiger partial charge in [0.25, 0.3) is 5.91 Å². The Balaban J connectivity index is 2.11. The number of thiophene rings is 1. The molecule has 0 saturated carbocycles. The first-order valence-corrected chi connectivity index (χ1v) is 7.57. The maximum atomic E-state index is 13.3. The van der Waals surface area contributed by atoms with E-state index in [2.05, 4.69) is 5.32 Å². The van der Waals surface area contributed by atoms with Crippen LogP contribution in [0.15, 0.2) is 29.6 Å². The standard InChI is InChI=1S/C15H15ClFNO2S/c1-9-6-10(11(16)7-12(9)17)14(19)18-8-15(2,20)13-4-3-5-21-13/h3-7,20H,8H2,1-2H3,(H,18,19). The van der Waals surface area contributed by atoms with Crippen LogP contribution < -0.4 is 5.32 Å². The molecular formula is C15H15ClFNO2S. The van der Waals surface area contributed by atoms with Crippen LogP contribution in [0, 0.1) is 12.7 Å². The number of aryl methyl sites for hydroxylation is 1. The molecule has 3 nitrogen and oxygen atoms in total. The first-order chi connectivity index (χ1) is 9.81. The molecule has 21 heavy (non-hydrogen) atoms. The van der Waals surface area contributed by atoms with E-state index in [4.69, 9.17) is 11.6 Å². The van der Waals surface area contributed by atoms with E-state index in [1.165, 1.54) is 17.4 Å². The molecule has 0 aliphatic rings. The van der Waals surface area contributed by atoms with Crippen molar-refractivity contribution in [2.45, 2.75) is 19.4 Å². The highest BCUT2D eigenvalue weighted by molar-refractivity contribution is 7.10. The van der Waals surface area contributed by atoms with Crippen molar-refractivity contribution in [1.29, 1.82) is 0 Å². The monoisotopic (exact) mass is 327 g/mol. The molecule has 1 atom stereocenters. The van der Waals surface area contributed by atoms with Gasteiger partial charge in [-0.2, -0.15) is 0 Å². The predicted molar refractivity (Wildman–Crippen MR) is 82.4 cm³/mol. The van der Waals surface area contributed by atoms with Crippen LogP contribution in [0.4, 0.5) is 4.39 Å². The van der Waals surface area contributed by atoms with E-state index in [9.17, 15) is 14.3 Å². The summed E-state index contributed by atoms with van der Waals surface area (Å²) in [5, 5.41) is 14.9. The summed E-state index contributed by atoms with van der Waals surface area (Å²) >= 11 is 7.29. The Morgan fingerprint density at radius 2 is 2.24 bits per heavy atom. The van der Waals surface area contributed by atoms with E-state index in [0.717, 1.165) is 10.9 Å². The summed E-state index contributed by atoms with van der Waals surface area (Å²) in [5.74, 6) is -0.901. The maximum absolute atomic E-state index is 13.3. The van der Waals surface area contributed by atoms with Crippen LogP contribution in [0.2, 0.25) is 5.02 Å². The van der Waals surface area contributed by atoms with E-state index in [1.807, 2.05) is 11.4 Å². The Morgan fingerprint density at radius 3 is 2.86 bits per heavy atom. The molecule has 0 radical (unpaired) electrons. The van der Waals surface area contributed by atoms with Gasteiger partial charge in [0.1, 0.15) is 11.4 Å². The summed E-state index contributed by atoms with van der Waals surface area (Å²) in [7, 11) is 0. The summed E-state index contributed by atoms with van der Waals surface area (Å²) in [4.78, 5) is 12.9. The average Bonchev–Trinajstić information content (AvgIpc) is 2.95. The highest BCUT2D eigenvalue weighted by Crippen LogP contribution is 2.25. The van der Waals surface area contributed by atoms with Crippen molar-refractivity contribution < 1.29 is 14.3 Å². The summed E-state index contributed by atoms with van der Waals surface area (Å²) in [6.07, 6.45) is 0. The number of aliphatic hydroxyl groups is 1. The van der Waals surface area contributed by atoms with E-state index in [0.29, 0.717) is 5.56 Å². The fourth-order valence-electron chi connectivity index (χ4n) is 1.85. The topological polar surface area (TPSA) is 49.3 Å². The second kappa shape index (κ2) is 6.13. The van der Waals surface area contributed by atoms with Crippen LogP contribution in [0.3, 0.4) is 0 Å². The molecule has 2 aromatic rings. The van der Waals surface area contributed by atoms with Gasteiger partial charge in [-0.3, -0.25) is 4.79 Å². The lowest BCUT2D eigenvalue weighted by Gasteiger charge is -2.22. The molecule has 6 heteroatoms. The molecule has 1 aromatic heterocycles. The third kappa shape index (κ3) is 3.61. The van der Waals surface area contributed by atoms with Crippen LogP contribution in [-0.2, 0) is 5.60 Å². The van der Waals surface area contributed by atoms with Gasteiger partial charge in [0.15, 0.2) is 0 Å². The van der Waals surface area contributed by atoms with Gasteiger partial charge in [-0.25, -0.2) is 4.39 Å². The Bertz CT molecular complexity index is 656. The van der Waals surface area contributed by atoms with E-state index in [-0.39, 0.29) is 17.1 Å². The van der Waals surface area contributed by atoms with Crippen molar-refractivity contribution in [3.8, 4) is 0 Å². The maximum Gasteiger partial charge on any atom is 0.252 e.